The van der Waals surface area contributed by atoms with Gasteiger partial charge in [-0.2, -0.15) is 0 Å². The minimum atomic E-state index is -0.157. The highest BCUT2D eigenvalue weighted by Crippen LogP contribution is 2.18. The molecule has 0 aliphatic heterocycles. The van der Waals surface area contributed by atoms with Crippen molar-refractivity contribution in [3.63, 3.8) is 0 Å². The van der Waals surface area contributed by atoms with Crippen LogP contribution in [0.4, 0.5) is 17.1 Å². The van der Waals surface area contributed by atoms with Crippen molar-refractivity contribution in [3.8, 4) is 5.75 Å². The molecule has 0 unspecified atom stereocenters. The number of rotatable bonds is 13. The predicted octanol–water partition coefficient (Wildman–Crippen LogP) is 5.43. The van der Waals surface area contributed by atoms with Crippen molar-refractivity contribution in [1.29, 1.82) is 0 Å². The summed E-state index contributed by atoms with van der Waals surface area (Å²) in [6, 6.07) is 14.8. The Morgan fingerprint density at radius 2 is 1.50 bits per heavy atom. The van der Waals surface area contributed by atoms with Crippen LogP contribution in [0.5, 0.6) is 5.75 Å². The average molecular weight is 412 g/mol. The second kappa shape index (κ2) is 13.2. The Hall–Kier alpha value is -3.02. The first-order valence-electron chi connectivity index (χ1n) is 10.8. The maximum atomic E-state index is 12.3. The van der Waals surface area contributed by atoms with Crippen molar-refractivity contribution in [2.24, 2.45) is 0 Å². The van der Waals surface area contributed by atoms with Gasteiger partial charge in [0, 0.05) is 29.5 Å². The summed E-state index contributed by atoms with van der Waals surface area (Å²) in [7, 11) is 0. The summed E-state index contributed by atoms with van der Waals surface area (Å²) in [5.74, 6) is 0.586. The van der Waals surface area contributed by atoms with E-state index in [4.69, 9.17) is 4.74 Å². The van der Waals surface area contributed by atoms with Crippen LogP contribution < -0.4 is 20.7 Å². The molecule has 0 saturated heterocycles. The third-order valence-electron chi connectivity index (χ3n) is 4.46. The third kappa shape index (κ3) is 8.99. The topological polar surface area (TPSA) is 79.5 Å². The van der Waals surface area contributed by atoms with E-state index in [1.807, 2.05) is 55.5 Å². The van der Waals surface area contributed by atoms with Gasteiger partial charge in [-0.15, -0.1) is 0 Å². The van der Waals surface area contributed by atoms with Gasteiger partial charge in [-0.05, 0) is 43.2 Å². The maximum absolute atomic E-state index is 12.3. The number of ether oxygens (including phenoxy) is 1. The number of unbranched alkanes of at least 4 members (excludes halogenated alkanes) is 3. The zero-order valence-corrected chi connectivity index (χ0v) is 18.0. The van der Waals surface area contributed by atoms with Gasteiger partial charge >= 0.3 is 0 Å². The molecule has 30 heavy (non-hydrogen) atoms. The molecule has 2 amide bonds. The Balaban J connectivity index is 1.79. The second-order valence-electron chi connectivity index (χ2n) is 7.22. The van der Waals surface area contributed by atoms with E-state index < -0.39 is 0 Å². The molecule has 0 aromatic heterocycles. The number of amides is 2. The average Bonchev–Trinajstić information content (AvgIpc) is 2.73. The van der Waals surface area contributed by atoms with E-state index in [1.54, 1.807) is 0 Å². The molecule has 162 valence electrons. The van der Waals surface area contributed by atoms with E-state index in [0.717, 1.165) is 24.3 Å². The van der Waals surface area contributed by atoms with E-state index in [1.165, 1.54) is 19.3 Å². The van der Waals surface area contributed by atoms with Crippen molar-refractivity contribution in [3.05, 3.63) is 48.5 Å². The molecule has 0 spiro atoms. The van der Waals surface area contributed by atoms with Crippen molar-refractivity contribution in [2.75, 3.05) is 29.1 Å². The van der Waals surface area contributed by atoms with Crippen LogP contribution in [0.2, 0.25) is 0 Å². The summed E-state index contributed by atoms with van der Waals surface area (Å²) < 4.78 is 5.76. The molecular weight excluding hydrogens is 378 g/mol. The molecule has 0 heterocycles. The van der Waals surface area contributed by atoms with E-state index in [2.05, 4.69) is 22.9 Å². The summed E-state index contributed by atoms with van der Waals surface area (Å²) >= 11 is 0. The molecule has 0 bridgehead atoms. The first-order chi connectivity index (χ1) is 14.6. The highest BCUT2D eigenvalue weighted by molar-refractivity contribution is 5.94. The Labute approximate surface area is 179 Å². The van der Waals surface area contributed by atoms with Crippen molar-refractivity contribution < 1.29 is 14.3 Å². The van der Waals surface area contributed by atoms with E-state index in [0.29, 0.717) is 24.4 Å². The first kappa shape index (κ1) is 23.3. The number of anilines is 3. The molecular formula is C24H33N3O3. The lowest BCUT2D eigenvalue weighted by atomic mass is 10.2. The normalized spacial score (nSPS) is 10.3. The number of hydrogen-bond donors (Lipinski definition) is 3. The predicted molar refractivity (Wildman–Crippen MR) is 123 cm³/mol. The van der Waals surface area contributed by atoms with Crippen molar-refractivity contribution >= 4 is 28.9 Å². The Bertz CT molecular complexity index is 808. The van der Waals surface area contributed by atoms with E-state index in [-0.39, 0.29) is 18.4 Å². The van der Waals surface area contributed by atoms with Crippen LogP contribution in [0.3, 0.4) is 0 Å². The molecule has 0 atom stereocenters. The highest BCUT2D eigenvalue weighted by atomic mass is 16.5. The molecule has 0 fully saturated rings. The lowest BCUT2D eigenvalue weighted by Gasteiger charge is -2.11. The molecule has 6 heteroatoms. The largest absolute Gasteiger partial charge is 0.494 e. The zero-order chi connectivity index (χ0) is 21.6. The van der Waals surface area contributed by atoms with Crippen LogP contribution in [-0.2, 0) is 9.59 Å². The van der Waals surface area contributed by atoms with Gasteiger partial charge in [0.25, 0.3) is 0 Å². The molecule has 0 saturated carbocycles. The van der Waals surface area contributed by atoms with Gasteiger partial charge in [0.15, 0.2) is 0 Å². The Morgan fingerprint density at radius 3 is 2.27 bits per heavy atom. The van der Waals surface area contributed by atoms with Gasteiger partial charge in [0.2, 0.25) is 11.8 Å². The Morgan fingerprint density at radius 1 is 0.800 bits per heavy atom. The highest BCUT2D eigenvalue weighted by Gasteiger charge is 2.05. The molecule has 2 aromatic carbocycles. The van der Waals surface area contributed by atoms with E-state index >= 15 is 0 Å². The van der Waals surface area contributed by atoms with Crippen LogP contribution in [0.15, 0.2) is 48.5 Å². The quantitative estimate of drug-likeness (QED) is 0.384. The monoisotopic (exact) mass is 411 g/mol. The third-order valence-corrected chi connectivity index (χ3v) is 4.46. The number of nitrogens with one attached hydrogen (secondary N) is 3. The molecule has 3 N–H and O–H groups in total. The summed E-state index contributed by atoms with van der Waals surface area (Å²) in [4.78, 5) is 24.0. The number of carbonyl (C=O) groups is 2. The fourth-order valence-electron chi connectivity index (χ4n) is 2.93. The molecule has 2 rings (SSSR count). The second-order valence-corrected chi connectivity index (χ2v) is 7.22. The summed E-state index contributed by atoms with van der Waals surface area (Å²) in [6.07, 6.45) is 5.92. The maximum Gasteiger partial charge on any atom is 0.243 e. The van der Waals surface area contributed by atoms with Crippen LogP contribution in [0, 0.1) is 0 Å². The minimum absolute atomic E-state index is 0.0140. The molecule has 2 aromatic rings. The van der Waals surface area contributed by atoms with Crippen LogP contribution in [-0.4, -0.2) is 25.0 Å². The Kier molecular flexibility index (Phi) is 10.3. The smallest absolute Gasteiger partial charge is 0.243 e. The van der Waals surface area contributed by atoms with Crippen LogP contribution >= 0.6 is 0 Å². The number of benzene rings is 2. The number of carbonyl (C=O) groups excluding carboxylic acids is 2. The fourth-order valence-corrected chi connectivity index (χ4v) is 2.93. The minimum Gasteiger partial charge on any atom is -0.494 e. The van der Waals surface area contributed by atoms with Gasteiger partial charge in [-0.25, -0.2) is 0 Å². The van der Waals surface area contributed by atoms with Gasteiger partial charge in [-0.1, -0.05) is 45.2 Å². The first-order valence-corrected chi connectivity index (χ1v) is 10.8. The van der Waals surface area contributed by atoms with Gasteiger partial charge in [0.1, 0.15) is 5.75 Å². The molecule has 6 nitrogen and oxygen atoms in total. The molecule has 0 aliphatic carbocycles. The van der Waals surface area contributed by atoms with E-state index in [9.17, 15) is 9.59 Å². The fraction of sp³-hybridized carbons (Fsp3) is 0.417. The summed E-state index contributed by atoms with van der Waals surface area (Å²) in [5, 5.41) is 8.81. The molecule has 0 aliphatic rings. The lowest BCUT2D eigenvalue weighted by molar-refractivity contribution is -0.116. The van der Waals surface area contributed by atoms with Gasteiger partial charge in [0.05, 0.1) is 13.2 Å². The van der Waals surface area contributed by atoms with Crippen molar-refractivity contribution in [2.45, 2.75) is 52.4 Å². The van der Waals surface area contributed by atoms with Crippen LogP contribution in [0.25, 0.3) is 0 Å². The summed E-state index contributed by atoms with van der Waals surface area (Å²) in [6.45, 7) is 4.95. The zero-order valence-electron chi connectivity index (χ0n) is 18.0. The number of hydrogen-bond acceptors (Lipinski definition) is 4. The summed E-state index contributed by atoms with van der Waals surface area (Å²) in [5.41, 5.74) is 2.18. The van der Waals surface area contributed by atoms with Gasteiger partial charge in [-0.3, -0.25) is 9.59 Å². The molecule has 0 radical (unpaired) electrons. The SMILES string of the molecule is CCCCCCOc1cccc(NC(=O)CNc2cccc(NC(=O)CCC)c2)c1. The van der Waals surface area contributed by atoms with Crippen molar-refractivity contribution in [1.82, 2.24) is 0 Å². The van der Waals surface area contributed by atoms with Gasteiger partial charge < -0.3 is 20.7 Å². The van der Waals surface area contributed by atoms with Crippen LogP contribution in [0.1, 0.15) is 52.4 Å². The standard InChI is InChI=1S/C24H33N3O3/c1-3-5-6-7-15-30-22-14-9-13-21(17-22)27-24(29)18-25-19-11-8-12-20(16-19)26-23(28)10-4-2/h8-9,11-14,16-17,25H,3-7,10,15,18H2,1-2H3,(H,26,28)(H,27,29). The lowest BCUT2D eigenvalue weighted by Crippen LogP contribution is -2.21.